The molecule has 0 radical (unpaired) electrons. The summed E-state index contributed by atoms with van der Waals surface area (Å²) < 4.78 is 0. The molecule has 16 heavy (non-hydrogen) atoms. The molecule has 1 saturated heterocycles. The third kappa shape index (κ3) is 5.28. The standard InChI is InChI=1S/C13H29N3/c1-5-15(4)8-9-16-7-6-13(11-16)10-14-12(2)3/h12-14H,5-11H2,1-4H3. The Hall–Kier alpha value is -0.120. The minimum Gasteiger partial charge on any atom is -0.314 e. The van der Waals surface area contributed by atoms with E-state index in [0.717, 1.165) is 12.5 Å². The first-order chi connectivity index (χ1) is 7.61. The van der Waals surface area contributed by atoms with Gasteiger partial charge in [0.25, 0.3) is 0 Å². The van der Waals surface area contributed by atoms with E-state index in [1.165, 1.54) is 39.1 Å². The summed E-state index contributed by atoms with van der Waals surface area (Å²) in [5, 5.41) is 3.55. The molecule has 1 atom stereocenters. The molecule has 1 N–H and O–H groups in total. The molecule has 96 valence electrons. The van der Waals surface area contributed by atoms with Crippen LogP contribution in [0.4, 0.5) is 0 Å². The van der Waals surface area contributed by atoms with E-state index in [0.29, 0.717) is 6.04 Å². The molecule has 0 aromatic heterocycles. The van der Waals surface area contributed by atoms with Gasteiger partial charge in [0.05, 0.1) is 0 Å². The number of rotatable bonds is 7. The van der Waals surface area contributed by atoms with Crippen molar-refractivity contribution in [2.75, 3.05) is 46.3 Å². The topological polar surface area (TPSA) is 18.5 Å². The Labute approximate surface area is 101 Å². The fourth-order valence-electron chi connectivity index (χ4n) is 2.16. The minimum atomic E-state index is 0.625. The highest BCUT2D eigenvalue weighted by molar-refractivity contribution is 4.78. The molecule has 1 aliphatic heterocycles. The smallest absolute Gasteiger partial charge is 0.0109 e. The van der Waals surface area contributed by atoms with Crippen molar-refractivity contribution in [1.82, 2.24) is 15.1 Å². The van der Waals surface area contributed by atoms with Crippen LogP contribution >= 0.6 is 0 Å². The van der Waals surface area contributed by atoms with Crippen LogP contribution in [0.2, 0.25) is 0 Å². The van der Waals surface area contributed by atoms with E-state index in [-0.39, 0.29) is 0 Å². The van der Waals surface area contributed by atoms with Crippen molar-refractivity contribution in [3.05, 3.63) is 0 Å². The van der Waals surface area contributed by atoms with Gasteiger partial charge in [-0.25, -0.2) is 0 Å². The number of likely N-dealkylation sites (tertiary alicyclic amines) is 1. The second-order valence-electron chi connectivity index (χ2n) is 5.41. The van der Waals surface area contributed by atoms with Crippen LogP contribution in [0.25, 0.3) is 0 Å². The van der Waals surface area contributed by atoms with Crippen LogP contribution in [-0.4, -0.2) is 62.2 Å². The lowest BCUT2D eigenvalue weighted by molar-refractivity contribution is 0.257. The molecule has 0 aromatic carbocycles. The molecule has 1 aliphatic rings. The molecule has 0 saturated carbocycles. The van der Waals surface area contributed by atoms with Gasteiger partial charge in [0.1, 0.15) is 0 Å². The first-order valence-electron chi connectivity index (χ1n) is 6.76. The van der Waals surface area contributed by atoms with Gasteiger partial charge >= 0.3 is 0 Å². The largest absolute Gasteiger partial charge is 0.314 e. The minimum absolute atomic E-state index is 0.625. The van der Waals surface area contributed by atoms with Crippen LogP contribution in [0.15, 0.2) is 0 Å². The van der Waals surface area contributed by atoms with Crippen molar-refractivity contribution in [2.45, 2.75) is 33.2 Å². The van der Waals surface area contributed by atoms with Crippen LogP contribution in [0.5, 0.6) is 0 Å². The molecule has 0 spiro atoms. The van der Waals surface area contributed by atoms with E-state index in [2.05, 4.69) is 42.9 Å². The molecule has 3 nitrogen and oxygen atoms in total. The van der Waals surface area contributed by atoms with Gasteiger partial charge < -0.3 is 15.1 Å². The molecular formula is C13H29N3. The normalized spacial score (nSPS) is 22.5. The fraction of sp³-hybridized carbons (Fsp3) is 1.00. The molecule has 0 bridgehead atoms. The van der Waals surface area contributed by atoms with Crippen molar-refractivity contribution in [1.29, 1.82) is 0 Å². The monoisotopic (exact) mass is 227 g/mol. The maximum absolute atomic E-state index is 3.55. The van der Waals surface area contributed by atoms with Gasteiger partial charge in [0.15, 0.2) is 0 Å². The highest BCUT2D eigenvalue weighted by Gasteiger charge is 2.21. The summed E-state index contributed by atoms with van der Waals surface area (Å²) in [6, 6.07) is 0.625. The lowest BCUT2D eigenvalue weighted by Crippen LogP contribution is -2.34. The van der Waals surface area contributed by atoms with Gasteiger partial charge in [0, 0.05) is 25.7 Å². The zero-order chi connectivity index (χ0) is 12.0. The lowest BCUT2D eigenvalue weighted by Gasteiger charge is -2.20. The fourth-order valence-corrected chi connectivity index (χ4v) is 2.16. The third-order valence-electron chi connectivity index (χ3n) is 3.52. The quantitative estimate of drug-likeness (QED) is 0.706. The zero-order valence-electron chi connectivity index (χ0n) is 11.5. The first kappa shape index (κ1) is 13.9. The SMILES string of the molecule is CCN(C)CCN1CCC(CNC(C)C)C1. The Bertz CT molecular complexity index is 182. The predicted molar refractivity (Wildman–Crippen MR) is 70.9 cm³/mol. The number of likely N-dealkylation sites (N-methyl/N-ethyl adjacent to an activating group) is 1. The molecule has 1 heterocycles. The highest BCUT2D eigenvalue weighted by atomic mass is 15.2. The van der Waals surface area contributed by atoms with Crippen LogP contribution < -0.4 is 5.32 Å². The van der Waals surface area contributed by atoms with Gasteiger partial charge in [-0.1, -0.05) is 20.8 Å². The number of hydrogen-bond acceptors (Lipinski definition) is 3. The predicted octanol–water partition coefficient (Wildman–Crippen LogP) is 1.26. The first-order valence-corrected chi connectivity index (χ1v) is 6.76. The Balaban J connectivity index is 2.10. The summed E-state index contributed by atoms with van der Waals surface area (Å²) in [4.78, 5) is 5.00. The second-order valence-corrected chi connectivity index (χ2v) is 5.41. The van der Waals surface area contributed by atoms with Gasteiger partial charge in [-0.3, -0.25) is 0 Å². The van der Waals surface area contributed by atoms with Crippen molar-refractivity contribution in [3.8, 4) is 0 Å². The second kappa shape index (κ2) is 7.25. The maximum atomic E-state index is 3.55. The summed E-state index contributed by atoms with van der Waals surface area (Å²) in [6.45, 7) is 14.1. The van der Waals surface area contributed by atoms with E-state index >= 15 is 0 Å². The van der Waals surface area contributed by atoms with E-state index in [9.17, 15) is 0 Å². The molecular weight excluding hydrogens is 198 g/mol. The van der Waals surface area contributed by atoms with Crippen LogP contribution in [0.3, 0.4) is 0 Å². The summed E-state index contributed by atoms with van der Waals surface area (Å²) in [5.41, 5.74) is 0. The van der Waals surface area contributed by atoms with E-state index in [1.54, 1.807) is 0 Å². The molecule has 3 heteroatoms. The summed E-state index contributed by atoms with van der Waals surface area (Å²) >= 11 is 0. The lowest BCUT2D eigenvalue weighted by atomic mass is 10.1. The Morgan fingerprint density at radius 2 is 2.19 bits per heavy atom. The Morgan fingerprint density at radius 3 is 2.81 bits per heavy atom. The summed E-state index contributed by atoms with van der Waals surface area (Å²) in [6.07, 6.45) is 1.37. The van der Waals surface area contributed by atoms with Gasteiger partial charge in [-0.2, -0.15) is 0 Å². The molecule has 0 amide bonds. The molecule has 0 aliphatic carbocycles. The van der Waals surface area contributed by atoms with Crippen LogP contribution in [0.1, 0.15) is 27.2 Å². The van der Waals surface area contributed by atoms with Gasteiger partial charge in [-0.15, -0.1) is 0 Å². The Kier molecular flexibility index (Phi) is 6.32. The number of hydrogen-bond donors (Lipinski definition) is 1. The van der Waals surface area contributed by atoms with Gasteiger partial charge in [0.2, 0.25) is 0 Å². The average Bonchev–Trinajstić information content (AvgIpc) is 2.71. The van der Waals surface area contributed by atoms with E-state index < -0.39 is 0 Å². The number of nitrogens with one attached hydrogen (secondary N) is 1. The summed E-state index contributed by atoms with van der Waals surface area (Å²) in [5.74, 6) is 0.870. The van der Waals surface area contributed by atoms with E-state index in [1.807, 2.05) is 0 Å². The maximum Gasteiger partial charge on any atom is 0.0109 e. The van der Waals surface area contributed by atoms with Crippen molar-refractivity contribution in [3.63, 3.8) is 0 Å². The highest BCUT2D eigenvalue weighted by Crippen LogP contribution is 2.14. The van der Waals surface area contributed by atoms with Crippen molar-refractivity contribution < 1.29 is 0 Å². The van der Waals surface area contributed by atoms with Crippen LogP contribution in [-0.2, 0) is 0 Å². The number of nitrogens with zero attached hydrogens (tertiary/aromatic N) is 2. The zero-order valence-corrected chi connectivity index (χ0v) is 11.5. The Morgan fingerprint density at radius 1 is 1.44 bits per heavy atom. The van der Waals surface area contributed by atoms with Crippen LogP contribution in [0, 0.1) is 5.92 Å². The van der Waals surface area contributed by atoms with E-state index in [4.69, 9.17) is 0 Å². The summed E-state index contributed by atoms with van der Waals surface area (Å²) in [7, 11) is 2.20. The average molecular weight is 227 g/mol. The molecule has 1 fully saturated rings. The van der Waals surface area contributed by atoms with Gasteiger partial charge in [-0.05, 0) is 39.0 Å². The van der Waals surface area contributed by atoms with Crippen molar-refractivity contribution in [2.24, 2.45) is 5.92 Å². The molecule has 1 unspecified atom stereocenters. The third-order valence-corrected chi connectivity index (χ3v) is 3.52. The molecule has 1 rings (SSSR count). The van der Waals surface area contributed by atoms with Crippen molar-refractivity contribution >= 4 is 0 Å². The molecule has 0 aromatic rings.